The number of hydrogen-bond acceptors (Lipinski definition) is 1. The van der Waals surface area contributed by atoms with Gasteiger partial charge in [0.2, 0.25) is 0 Å². The molecule has 49 heavy (non-hydrogen) atoms. The van der Waals surface area contributed by atoms with Gasteiger partial charge < -0.3 is 4.42 Å². The van der Waals surface area contributed by atoms with Crippen LogP contribution in [0.5, 0.6) is 0 Å². The molecule has 0 saturated heterocycles. The van der Waals surface area contributed by atoms with Crippen molar-refractivity contribution in [3.8, 4) is 44.5 Å². The number of hydrogen-bond donors (Lipinski definition) is 0. The van der Waals surface area contributed by atoms with E-state index in [9.17, 15) is 4.11 Å². The number of furan rings is 1. The Morgan fingerprint density at radius 3 is 1.73 bits per heavy atom. The highest BCUT2D eigenvalue weighted by atomic mass is 16.3. The maximum atomic E-state index is 9.52. The predicted molar refractivity (Wildman–Crippen MR) is 208 cm³/mol. The summed E-state index contributed by atoms with van der Waals surface area (Å²) < 4.78 is 130. The van der Waals surface area contributed by atoms with E-state index in [0.29, 0.717) is 43.8 Å². The van der Waals surface area contributed by atoms with Gasteiger partial charge in [-0.3, -0.25) is 0 Å². The van der Waals surface area contributed by atoms with Gasteiger partial charge in [-0.1, -0.05) is 157 Å². The second-order valence-electron chi connectivity index (χ2n) is 11.7. The Labute approximate surface area is 304 Å². The highest BCUT2D eigenvalue weighted by Gasteiger charge is 2.21. The lowest BCUT2D eigenvalue weighted by Crippen LogP contribution is -1.93. The number of rotatable bonds is 4. The van der Waals surface area contributed by atoms with Crippen LogP contribution in [0.4, 0.5) is 0 Å². The van der Waals surface area contributed by atoms with Gasteiger partial charge >= 0.3 is 0 Å². The molecule has 0 atom stereocenters. The molecule has 228 valence electrons. The first kappa shape index (κ1) is 17.1. The molecule has 0 aliphatic rings. The van der Waals surface area contributed by atoms with Crippen molar-refractivity contribution >= 4 is 54.3 Å². The Hall–Kier alpha value is -6.44. The summed E-state index contributed by atoms with van der Waals surface area (Å²) in [6.45, 7) is 0. The summed E-state index contributed by atoms with van der Waals surface area (Å²) in [4.78, 5) is 0. The number of fused-ring (bicyclic) bond motifs is 6. The van der Waals surface area contributed by atoms with E-state index < -0.39 is 60.4 Å². The van der Waals surface area contributed by atoms with E-state index in [2.05, 4.69) is 0 Å². The fourth-order valence-electron chi connectivity index (χ4n) is 6.97. The molecule has 0 saturated carbocycles. The minimum Gasteiger partial charge on any atom is -0.456 e. The maximum Gasteiger partial charge on any atom is 0.136 e. The molecule has 0 fully saturated rings. The molecule has 0 amide bonds. The van der Waals surface area contributed by atoms with Crippen LogP contribution in [0.1, 0.15) is 19.2 Å². The van der Waals surface area contributed by atoms with Crippen molar-refractivity contribution in [3.05, 3.63) is 182 Å². The van der Waals surface area contributed by atoms with Gasteiger partial charge in [0.15, 0.2) is 0 Å². The smallest absolute Gasteiger partial charge is 0.136 e. The first-order valence-corrected chi connectivity index (χ1v) is 15.7. The molecular weight excluding hydrogens is 593 g/mol. The summed E-state index contributed by atoms with van der Waals surface area (Å²) in [5.74, 6) is 0. The molecule has 1 nitrogen and oxygen atoms in total. The quantitative estimate of drug-likeness (QED) is 0.175. The van der Waals surface area contributed by atoms with Gasteiger partial charge in [0, 0.05) is 10.8 Å². The molecule has 1 heterocycles. The highest BCUT2D eigenvalue weighted by molar-refractivity contribution is 6.26. The molecule has 0 aliphatic heterocycles. The summed E-state index contributed by atoms with van der Waals surface area (Å²) in [5.41, 5.74) is 3.45. The second kappa shape index (κ2) is 11.1. The van der Waals surface area contributed by atoms with Crippen LogP contribution in [0.25, 0.3) is 98.8 Å². The lowest BCUT2D eigenvalue weighted by Gasteiger charge is -2.19. The topological polar surface area (TPSA) is 13.1 Å². The fraction of sp³-hybridized carbons (Fsp3) is 0. The lowest BCUT2D eigenvalue weighted by atomic mass is 9.83. The Kier molecular flexibility index (Phi) is 3.87. The molecule has 0 bridgehead atoms. The molecule has 0 aliphatic carbocycles. The summed E-state index contributed by atoms with van der Waals surface area (Å²) in [5, 5.41) is 2.19. The minimum atomic E-state index is -0.581. The normalized spacial score (nSPS) is 15.7. The number of benzene rings is 9. The van der Waals surface area contributed by atoms with Gasteiger partial charge in [-0.15, -0.1) is 0 Å². The van der Waals surface area contributed by atoms with Crippen LogP contribution in [0, 0.1) is 0 Å². The van der Waals surface area contributed by atoms with E-state index in [-0.39, 0.29) is 68.0 Å². The van der Waals surface area contributed by atoms with Crippen LogP contribution < -0.4 is 0 Å². The zero-order valence-corrected chi connectivity index (χ0v) is 25.6. The van der Waals surface area contributed by atoms with Gasteiger partial charge in [0.05, 0.1) is 19.2 Å². The van der Waals surface area contributed by atoms with Crippen molar-refractivity contribution in [2.45, 2.75) is 0 Å². The Morgan fingerprint density at radius 1 is 0.388 bits per heavy atom. The molecule has 1 aromatic heterocycles. The van der Waals surface area contributed by atoms with Gasteiger partial charge in [-0.2, -0.15) is 0 Å². The SMILES string of the molecule is [2H]c1c([2H])c([2H])c(-c2cc(-c3c4ccccc4c(-c4c([2H])c([2H])c([2H])c5oc6c([2H])c7c([2H])c([2H])c([2H])c([2H])c7c([2H])c6c45)c4ccccc34)ccc2-c2ccccc2)c([2H])c1[2H]. The first-order valence-electron chi connectivity index (χ1n) is 22.7. The fourth-order valence-corrected chi connectivity index (χ4v) is 6.97. The van der Waals surface area contributed by atoms with Crippen LogP contribution in [0.2, 0.25) is 0 Å². The third kappa shape index (κ3) is 4.40. The Bertz CT molecular complexity index is 3590. The molecular formula is C48H30O. The molecule has 0 unspecified atom stereocenters. The van der Waals surface area contributed by atoms with Crippen molar-refractivity contribution in [1.82, 2.24) is 0 Å². The van der Waals surface area contributed by atoms with Crippen molar-refractivity contribution in [3.63, 3.8) is 0 Å². The van der Waals surface area contributed by atoms with E-state index in [0.717, 1.165) is 11.1 Å². The molecule has 0 radical (unpaired) electrons. The van der Waals surface area contributed by atoms with Crippen molar-refractivity contribution < 1.29 is 23.6 Å². The summed E-state index contributed by atoms with van der Waals surface area (Å²) in [7, 11) is 0. The second-order valence-corrected chi connectivity index (χ2v) is 11.7. The van der Waals surface area contributed by atoms with E-state index in [4.69, 9.17) is 19.5 Å². The van der Waals surface area contributed by atoms with Crippen molar-refractivity contribution in [2.75, 3.05) is 0 Å². The molecule has 9 aromatic carbocycles. The van der Waals surface area contributed by atoms with E-state index in [1.165, 1.54) is 0 Å². The summed E-state index contributed by atoms with van der Waals surface area (Å²) >= 11 is 0. The van der Waals surface area contributed by atoms with Crippen LogP contribution in [-0.4, -0.2) is 0 Å². The highest BCUT2D eigenvalue weighted by Crippen LogP contribution is 2.48. The first-order chi connectivity index (χ1) is 30.1. The monoisotopic (exact) mass is 636 g/mol. The Balaban J connectivity index is 1.36. The van der Waals surface area contributed by atoms with E-state index in [1.807, 2.05) is 97.1 Å². The molecule has 10 aromatic rings. The van der Waals surface area contributed by atoms with Crippen molar-refractivity contribution in [1.29, 1.82) is 0 Å². The van der Waals surface area contributed by atoms with Crippen molar-refractivity contribution in [2.24, 2.45) is 0 Å². The predicted octanol–water partition coefficient (Wildman–Crippen LogP) is 13.7. The minimum absolute atomic E-state index is 0.0264. The van der Waals surface area contributed by atoms with E-state index in [1.54, 1.807) is 0 Å². The lowest BCUT2D eigenvalue weighted by molar-refractivity contribution is 0.669. The largest absolute Gasteiger partial charge is 0.456 e. The molecule has 0 N–H and O–H groups in total. The van der Waals surface area contributed by atoms with Crippen LogP contribution in [0.15, 0.2) is 186 Å². The van der Waals surface area contributed by atoms with Crippen LogP contribution in [0.3, 0.4) is 0 Å². The van der Waals surface area contributed by atoms with Crippen LogP contribution >= 0.6 is 0 Å². The standard InChI is InChI=1S/C48H30O/c1-3-14-31(15-4-1)36-27-26-35(29-42(36)32-16-5-2-6-17-32)46-37-20-9-11-22-39(37)47(40-23-12-10-21-38(40)46)41-24-13-25-44-48(41)43-28-33-18-7-8-19-34(33)30-45(43)49-44/h1-30H/i2D,5D,6D,7D,8D,13D,16D,17D,18D,19D,24D,25D,28D,30D. The Morgan fingerprint density at radius 2 is 1.02 bits per heavy atom. The average molecular weight is 637 g/mol. The third-order valence-electron chi connectivity index (χ3n) is 9.04. The van der Waals surface area contributed by atoms with Gasteiger partial charge in [-0.25, -0.2) is 0 Å². The molecule has 0 spiro atoms. The zero-order valence-electron chi connectivity index (χ0n) is 39.6. The molecule has 10 rings (SSSR count). The molecule has 1 heteroatoms. The van der Waals surface area contributed by atoms with E-state index >= 15 is 0 Å². The van der Waals surface area contributed by atoms with Gasteiger partial charge in [0.1, 0.15) is 11.2 Å². The third-order valence-corrected chi connectivity index (χ3v) is 9.04. The average Bonchev–Trinajstić information content (AvgIpc) is 3.70. The van der Waals surface area contributed by atoms with Gasteiger partial charge in [-0.05, 0) is 101 Å². The summed E-state index contributed by atoms with van der Waals surface area (Å²) in [6.07, 6.45) is 0. The van der Waals surface area contributed by atoms with Crippen LogP contribution in [-0.2, 0) is 0 Å². The van der Waals surface area contributed by atoms with Gasteiger partial charge in [0.25, 0.3) is 0 Å². The summed E-state index contributed by atoms with van der Waals surface area (Å²) in [6, 6.07) is 23.4. The maximum absolute atomic E-state index is 9.52. The zero-order chi connectivity index (χ0) is 44.5.